The Labute approximate surface area is 120 Å². The van der Waals surface area contributed by atoms with Crippen molar-refractivity contribution >= 4 is 11.2 Å². The lowest BCUT2D eigenvalue weighted by atomic mass is 9.89. The van der Waals surface area contributed by atoms with Crippen LogP contribution < -0.4 is 4.74 Å². The summed E-state index contributed by atoms with van der Waals surface area (Å²) < 4.78 is 7.90. The first kappa shape index (κ1) is 13.4. The molecule has 1 aliphatic rings. The van der Waals surface area contributed by atoms with E-state index in [1.54, 1.807) is 0 Å². The van der Waals surface area contributed by atoms with Crippen molar-refractivity contribution in [3.63, 3.8) is 0 Å². The lowest BCUT2D eigenvalue weighted by Gasteiger charge is -2.22. The molecule has 0 amide bonds. The van der Waals surface area contributed by atoms with Crippen molar-refractivity contribution in [1.29, 1.82) is 0 Å². The van der Waals surface area contributed by atoms with E-state index in [1.807, 2.05) is 26.0 Å². The Morgan fingerprint density at radius 3 is 2.75 bits per heavy atom. The van der Waals surface area contributed by atoms with Gasteiger partial charge in [0.15, 0.2) is 5.65 Å². The number of hydrogen-bond acceptors (Lipinski definition) is 3. The maximum Gasteiger partial charge on any atom is 0.298 e. The number of ether oxygens (including phenoxy) is 1. The lowest BCUT2D eigenvalue weighted by molar-refractivity contribution is 0.268. The minimum Gasteiger partial charge on any atom is -0.465 e. The number of aryl methyl sites for hydroxylation is 1. The summed E-state index contributed by atoms with van der Waals surface area (Å²) >= 11 is 0. The van der Waals surface area contributed by atoms with Gasteiger partial charge in [-0.05, 0) is 44.7 Å². The highest BCUT2D eigenvalue weighted by Gasteiger charge is 2.19. The molecule has 0 spiro atoms. The molecule has 2 aromatic rings. The number of imidazole rings is 1. The Kier molecular flexibility index (Phi) is 3.90. The van der Waals surface area contributed by atoms with E-state index < -0.39 is 0 Å². The summed E-state index contributed by atoms with van der Waals surface area (Å²) in [7, 11) is 0. The summed E-state index contributed by atoms with van der Waals surface area (Å²) in [6, 6.07) is 4.78. The van der Waals surface area contributed by atoms with Gasteiger partial charge in [-0.25, -0.2) is 4.98 Å². The number of fused-ring (bicyclic) bond motifs is 1. The Balaban J connectivity index is 1.96. The second-order valence-corrected chi connectivity index (χ2v) is 5.74. The van der Waals surface area contributed by atoms with Gasteiger partial charge in [0.25, 0.3) is 6.01 Å². The summed E-state index contributed by atoms with van der Waals surface area (Å²) in [5.41, 5.74) is 2.94. The van der Waals surface area contributed by atoms with Crippen molar-refractivity contribution < 1.29 is 4.74 Å². The monoisotopic (exact) mass is 273 g/mol. The molecule has 0 aliphatic heterocycles. The molecule has 0 bridgehead atoms. The van der Waals surface area contributed by atoms with Gasteiger partial charge in [0.2, 0.25) is 0 Å². The largest absolute Gasteiger partial charge is 0.465 e. The van der Waals surface area contributed by atoms with Crippen LogP contribution >= 0.6 is 0 Å². The Morgan fingerprint density at radius 2 is 2.00 bits per heavy atom. The Morgan fingerprint density at radius 1 is 1.20 bits per heavy atom. The third-order valence-electron chi connectivity index (χ3n) is 4.14. The van der Waals surface area contributed by atoms with Crippen LogP contribution in [0.25, 0.3) is 11.2 Å². The number of rotatable bonds is 4. The molecule has 20 heavy (non-hydrogen) atoms. The number of hydrogen-bond donors (Lipinski definition) is 0. The fraction of sp³-hybridized carbons (Fsp3) is 0.625. The molecule has 0 N–H and O–H groups in total. The molecule has 4 nitrogen and oxygen atoms in total. The van der Waals surface area contributed by atoms with Crippen molar-refractivity contribution in [3.8, 4) is 6.01 Å². The van der Waals surface area contributed by atoms with Gasteiger partial charge in [0.1, 0.15) is 5.52 Å². The maximum absolute atomic E-state index is 5.72. The molecular formula is C16H23N3O. The third kappa shape index (κ3) is 2.65. The maximum atomic E-state index is 5.72. The topological polar surface area (TPSA) is 39.9 Å². The highest BCUT2D eigenvalue weighted by Crippen LogP contribution is 2.29. The van der Waals surface area contributed by atoms with Gasteiger partial charge in [-0.15, -0.1) is 0 Å². The predicted octanol–water partition coefficient (Wildman–Crippen LogP) is 3.72. The van der Waals surface area contributed by atoms with E-state index in [1.165, 1.54) is 32.1 Å². The van der Waals surface area contributed by atoms with Crippen molar-refractivity contribution in [3.05, 3.63) is 17.8 Å². The standard InChI is InChI=1S/C16H23N3O/c1-3-20-16-18-14-10-9-12(2)17-15(14)19(16)11-13-7-5-4-6-8-13/h9-10,13H,3-8,11H2,1-2H3. The summed E-state index contributed by atoms with van der Waals surface area (Å²) in [6.45, 7) is 5.66. The second kappa shape index (κ2) is 5.81. The van der Waals surface area contributed by atoms with E-state index in [0.29, 0.717) is 6.61 Å². The van der Waals surface area contributed by atoms with Crippen LogP contribution in [0.5, 0.6) is 6.01 Å². The molecule has 2 heterocycles. The number of nitrogens with zero attached hydrogens (tertiary/aromatic N) is 3. The normalized spacial score (nSPS) is 16.7. The molecule has 1 saturated carbocycles. The smallest absolute Gasteiger partial charge is 0.298 e. The fourth-order valence-electron chi connectivity index (χ4n) is 3.11. The molecule has 108 valence electrons. The first-order valence-corrected chi connectivity index (χ1v) is 7.74. The molecule has 0 radical (unpaired) electrons. The summed E-state index contributed by atoms with van der Waals surface area (Å²) in [6.07, 6.45) is 6.73. The highest BCUT2D eigenvalue weighted by molar-refractivity contribution is 5.72. The first-order chi connectivity index (χ1) is 9.78. The first-order valence-electron chi connectivity index (χ1n) is 7.74. The van der Waals surface area contributed by atoms with Crippen molar-refractivity contribution in [2.75, 3.05) is 6.61 Å². The van der Waals surface area contributed by atoms with E-state index in [2.05, 4.69) is 14.5 Å². The molecule has 1 aliphatic carbocycles. The van der Waals surface area contributed by atoms with Crippen LogP contribution in [0.15, 0.2) is 12.1 Å². The zero-order valence-corrected chi connectivity index (χ0v) is 12.4. The molecule has 0 atom stereocenters. The second-order valence-electron chi connectivity index (χ2n) is 5.74. The van der Waals surface area contributed by atoms with Crippen molar-refractivity contribution in [2.45, 2.75) is 52.5 Å². The average Bonchev–Trinajstić information content (AvgIpc) is 2.78. The minimum absolute atomic E-state index is 0.646. The van der Waals surface area contributed by atoms with Gasteiger partial charge in [-0.1, -0.05) is 19.3 Å². The molecule has 3 rings (SSSR count). The summed E-state index contributed by atoms with van der Waals surface area (Å²) in [5.74, 6) is 0.739. The van der Waals surface area contributed by atoms with E-state index in [4.69, 9.17) is 4.74 Å². The van der Waals surface area contributed by atoms with Crippen LogP contribution in [0, 0.1) is 12.8 Å². The van der Waals surface area contributed by atoms with Crippen LogP contribution in [0.4, 0.5) is 0 Å². The summed E-state index contributed by atoms with van der Waals surface area (Å²) in [4.78, 5) is 9.25. The van der Waals surface area contributed by atoms with Crippen LogP contribution in [-0.2, 0) is 6.54 Å². The van der Waals surface area contributed by atoms with Gasteiger partial charge in [-0.3, -0.25) is 4.57 Å². The van der Waals surface area contributed by atoms with E-state index >= 15 is 0 Å². The van der Waals surface area contributed by atoms with Crippen molar-refractivity contribution in [1.82, 2.24) is 14.5 Å². The molecule has 0 unspecified atom stereocenters. The molecular weight excluding hydrogens is 250 g/mol. The lowest BCUT2D eigenvalue weighted by Crippen LogP contribution is -2.15. The van der Waals surface area contributed by atoms with Gasteiger partial charge < -0.3 is 4.74 Å². The SMILES string of the molecule is CCOc1nc2ccc(C)nc2n1CC1CCCCC1. The third-order valence-corrected chi connectivity index (χ3v) is 4.14. The average molecular weight is 273 g/mol. The molecule has 4 heteroatoms. The van der Waals surface area contributed by atoms with Crippen LogP contribution in [-0.4, -0.2) is 21.1 Å². The van der Waals surface area contributed by atoms with Crippen LogP contribution in [0.2, 0.25) is 0 Å². The summed E-state index contributed by atoms with van der Waals surface area (Å²) in [5, 5.41) is 0. The number of pyridine rings is 1. The van der Waals surface area contributed by atoms with Gasteiger partial charge in [-0.2, -0.15) is 4.98 Å². The van der Waals surface area contributed by atoms with Crippen LogP contribution in [0.3, 0.4) is 0 Å². The molecule has 0 saturated heterocycles. The Bertz CT molecular complexity index is 585. The van der Waals surface area contributed by atoms with Gasteiger partial charge >= 0.3 is 0 Å². The predicted molar refractivity (Wildman–Crippen MR) is 80.0 cm³/mol. The minimum atomic E-state index is 0.646. The van der Waals surface area contributed by atoms with Crippen LogP contribution in [0.1, 0.15) is 44.7 Å². The van der Waals surface area contributed by atoms with Gasteiger partial charge in [0.05, 0.1) is 6.61 Å². The molecule has 2 aromatic heterocycles. The highest BCUT2D eigenvalue weighted by atomic mass is 16.5. The van der Waals surface area contributed by atoms with E-state index in [9.17, 15) is 0 Å². The zero-order chi connectivity index (χ0) is 13.9. The zero-order valence-electron chi connectivity index (χ0n) is 12.4. The Hall–Kier alpha value is -1.58. The molecule has 0 aromatic carbocycles. The van der Waals surface area contributed by atoms with E-state index in [0.717, 1.165) is 35.3 Å². The van der Waals surface area contributed by atoms with E-state index in [-0.39, 0.29) is 0 Å². The number of aromatic nitrogens is 3. The molecule has 1 fully saturated rings. The van der Waals surface area contributed by atoms with Gasteiger partial charge in [0, 0.05) is 12.2 Å². The fourth-order valence-corrected chi connectivity index (χ4v) is 3.11. The quantitative estimate of drug-likeness (QED) is 0.852. The van der Waals surface area contributed by atoms with Crippen molar-refractivity contribution in [2.24, 2.45) is 5.92 Å².